The molecule has 104 valence electrons. The van der Waals surface area contributed by atoms with Crippen LogP contribution in [-0.4, -0.2) is 30.8 Å². The molecule has 1 aromatic rings. The molecular formula is C15H21NO3. The minimum atomic E-state index is -0.161. The Kier molecular flexibility index (Phi) is 6.68. The fraction of sp³-hybridized carbons (Fsp3) is 0.400. The summed E-state index contributed by atoms with van der Waals surface area (Å²) in [5, 5.41) is 11.7. The molecule has 19 heavy (non-hydrogen) atoms. The van der Waals surface area contributed by atoms with Crippen LogP contribution in [0.2, 0.25) is 0 Å². The van der Waals surface area contributed by atoms with Gasteiger partial charge in [-0.25, -0.2) is 0 Å². The first-order valence-corrected chi connectivity index (χ1v) is 6.43. The van der Waals surface area contributed by atoms with E-state index in [1.807, 2.05) is 31.2 Å². The average Bonchev–Trinajstić information content (AvgIpc) is 2.44. The predicted molar refractivity (Wildman–Crippen MR) is 76.0 cm³/mol. The third-order valence-electron chi connectivity index (χ3n) is 2.87. The van der Waals surface area contributed by atoms with Gasteiger partial charge in [-0.05, 0) is 25.0 Å². The number of ether oxygens (including phenoxy) is 1. The minimum Gasteiger partial charge on any atom is -0.496 e. The summed E-state index contributed by atoms with van der Waals surface area (Å²) in [6.07, 6.45) is 4.58. The van der Waals surface area contributed by atoms with Crippen molar-refractivity contribution in [2.75, 3.05) is 13.7 Å². The van der Waals surface area contributed by atoms with Crippen molar-refractivity contribution in [3.63, 3.8) is 0 Å². The second-order valence-corrected chi connectivity index (χ2v) is 4.20. The molecule has 4 heteroatoms. The molecule has 0 saturated carbocycles. The van der Waals surface area contributed by atoms with Gasteiger partial charge in [0, 0.05) is 24.3 Å². The number of carbonyl (C=O) groups excluding carboxylic acids is 1. The first-order valence-electron chi connectivity index (χ1n) is 6.43. The van der Waals surface area contributed by atoms with Crippen LogP contribution in [0.1, 0.15) is 25.3 Å². The zero-order chi connectivity index (χ0) is 14.1. The third-order valence-corrected chi connectivity index (χ3v) is 2.87. The molecule has 2 N–H and O–H groups in total. The number of hydrogen-bond acceptors (Lipinski definition) is 3. The van der Waals surface area contributed by atoms with Gasteiger partial charge in [0.1, 0.15) is 5.75 Å². The third kappa shape index (κ3) is 5.14. The van der Waals surface area contributed by atoms with Crippen molar-refractivity contribution in [2.24, 2.45) is 0 Å². The number of methoxy groups -OCH3 is 1. The summed E-state index contributed by atoms with van der Waals surface area (Å²) in [5.41, 5.74) is 0.857. The molecule has 0 aromatic heterocycles. The molecule has 0 heterocycles. The number of para-hydroxylation sites is 1. The smallest absolute Gasteiger partial charge is 0.244 e. The molecule has 1 unspecified atom stereocenters. The Morgan fingerprint density at radius 3 is 2.84 bits per heavy atom. The summed E-state index contributed by atoms with van der Waals surface area (Å²) in [4.78, 5) is 11.7. The SMILES string of the molecule is CCC(CCO)NC(=O)/C=C/c1ccccc1OC. The summed E-state index contributed by atoms with van der Waals surface area (Å²) in [6, 6.07) is 7.51. The zero-order valence-electron chi connectivity index (χ0n) is 11.4. The quantitative estimate of drug-likeness (QED) is 0.740. The lowest BCUT2D eigenvalue weighted by Gasteiger charge is -2.13. The maximum atomic E-state index is 11.7. The molecule has 1 aromatic carbocycles. The van der Waals surface area contributed by atoms with Crippen LogP contribution in [0.5, 0.6) is 5.75 Å². The lowest BCUT2D eigenvalue weighted by molar-refractivity contribution is -0.117. The molecule has 0 radical (unpaired) electrons. The molecule has 4 nitrogen and oxygen atoms in total. The largest absolute Gasteiger partial charge is 0.496 e. The van der Waals surface area contributed by atoms with Crippen molar-refractivity contribution in [2.45, 2.75) is 25.8 Å². The Balaban J connectivity index is 2.62. The van der Waals surface area contributed by atoms with Crippen LogP contribution in [0.4, 0.5) is 0 Å². The Labute approximate surface area is 114 Å². The van der Waals surface area contributed by atoms with Crippen molar-refractivity contribution < 1.29 is 14.6 Å². The molecule has 1 rings (SSSR count). The highest BCUT2D eigenvalue weighted by Gasteiger charge is 2.07. The summed E-state index contributed by atoms with van der Waals surface area (Å²) in [6.45, 7) is 2.06. The Morgan fingerprint density at radius 1 is 1.47 bits per heavy atom. The molecule has 0 aliphatic carbocycles. The van der Waals surface area contributed by atoms with Gasteiger partial charge in [0.05, 0.1) is 7.11 Å². The van der Waals surface area contributed by atoms with Gasteiger partial charge < -0.3 is 15.2 Å². The van der Waals surface area contributed by atoms with E-state index in [9.17, 15) is 4.79 Å². The highest BCUT2D eigenvalue weighted by Crippen LogP contribution is 2.18. The number of rotatable bonds is 7. The minimum absolute atomic E-state index is 0.0137. The zero-order valence-corrected chi connectivity index (χ0v) is 11.4. The summed E-state index contributed by atoms with van der Waals surface area (Å²) in [7, 11) is 1.60. The van der Waals surface area contributed by atoms with Crippen LogP contribution in [0.15, 0.2) is 30.3 Å². The predicted octanol–water partition coefficient (Wildman–Crippen LogP) is 1.99. The fourth-order valence-corrected chi connectivity index (χ4v) is 1.75. The van der Waals surface area contributed by atoms with Crippen LogP contribution >= 0.6 is 0 Å². The average molecular weight is 263 g/mol. The molecule has 1 amide bonds. The van der Waals surface area contributed by atoms with Crippen molar-refractivity contribution in [1.82, 2.24) is 5.32 Å². The van der Waals surface area contributed by atoms with Crippen LogP contribution in [-0.2, 0) is 4.79 Å². The highest BCUT2D eigenvalue weighted by atomic mass is 16.5. The van der Waals surface area contributed by atoms with E-state index in [-0.39, 0.29) is 18.6 Å². The summed E-state index contributed by atoms with van der Waals surface area (Å²) in [5.74, 6) is 0.570. The molecule has 0 aliphatic heterocycles. The van der Waals surface area contributed by atoms with Gasteiger partial charge in [0.15, 0.2) is 0 Å². The molecule has 0 saturated heterocycles. The molecule has 0 fully saturated rings. The Bertz CT molecular complexity index is 429. The van der Waals surface area contributed by atoms with Gasteiger partial charge in [0.2, 0.25) is 5.91 Å². The number of aliphatic hydroxyl groups excluding tert-OH is 1. The van der Waals surface area contributed by atoms with E-state index < -0.39 is 0 Å². The summed E-state index contributed by atoms with van der Waals surface area (Å²) < 4.78 is 5.20. The van der Waals surface area contributed by atoms with Gasteiger partial charge in [-0.3, -0.25) is 4.79 Å². The lowest BCUT2D eigenvalue weighted by Crippen LogP contribution is -2.33. The topological polar surface area (TPSA) is 58.6 Å². The van der Waals surface area contributed by atoms with Gasteiger partial charge >= 0.3 is 0 Å². The van der Waals surface area contributed by atoms with Crippen LogP contribution in [0, 0.1) is 0 Å². The number of nitrogens with one attached hydrogen (secondary N) is 1. The van der Waals surface area contributed by atoms with Crippen LogP contribution in [0.3, 0.4) is 0 Å². The second kappa shape index (κ2) is 8.32. The number of hydrogen-bond donors (Lipinski definition) is 2. The van der Waals surface area contributed by atoms with E-state index in [1.54, 1.807) is 13.2 Å². The molecule has 1 atom stereocenters. The maximum Gasteiger partial charge on any atom is 0.244 e. The van der Waals surface area contributed by atoms with Gasteiger partial charge in [-0.1, -0.05) is 25.1 Å². The van der Waals surface area contributed by atoms with Gasteiger partial charge in [-0.2, -0.15) is 0 Å². The normalized spacial score (nSPS) is 12.4. The highest BCUT2D eigenvalue weighted by molar-refractivity contribution is 5.92. The Morgan fingerprint density at radius 2 is 2.21 bits per heavy atom. The Hall–Kier alpha value is -1.81. The van der Waals surface area contributed by atoms with Gasteiger partial charge in [-0.15, -0.1) is 0 Å². The van der Waals surface area contributed by atoms with Crippen LogP contribution in [0.25, 0.3) is 6.08 Å². The number of benzene rings is 1. The standard InChI is InChI=1S/C15H21NO3/c1-3-13(10-11-17)16-15(18)9-8-12-6-4-5-7-14(12)19-2/h4-9,13,17H,3,10-11H2,1-2H3,(H,16,18)/b9-8+. The van der Waals surface area contributed by atoms with E-state index in [0.717, 1.165) is 17.7 Å². The van der Waals surface area contributed by atoms with Gasteiger partial charge in [0.25, 0.3) is 0 Å². The van der Waals surface area contributed by atoms with E-state index >= 15 is 0 Å². The monoisotopic (exact) mass is 263 g/mol. The first kappa shape index (κ1) is 15.2. The number of aliphatic hydroxyl groups is 1. The molecule has 0 bridgehead atoms. The lowest BCUT2D eigenvalue weighted by atomic mass is 10.1. The fourth-order valence-electron chi connectivity index (χ4n) is 1.75. The van der Waals surface area contributed by atoms with Crippen molar-refractivity contribution in [3.8, 4) is 5.75 Å². The van der Waals surface area contributed by atoms with Crippen LogP contribution < -0.4 is 10.1 Å². The van der Waals surface area contributed by atoms with E-state index in [1.165, 1.54) is 6.08 Å². The number of amides is 1. The van der Waals surface area contributed by atoms with E-state index in [4.69, 9.17) is 9.84 Å². The van der Waals surface area contributed by atoms with Crippen molar-refractivity contribution in [1.29, 1.82) is 0 Å². The number of carbonyl (C=O) groups is 1. The molecule has 0 spiro atoms. The maximum absolute atomic E-state index is 11.7. The van der Waals surface area contributed by atoms with E-state index in [2.05, 4.69) is 5.32 Å². The van der Waals surface area contributed by atoms with E-state index in [0.29, 0.717) is 6.42 Å². The summed E-state index contributed by atoms with van der Waals surface area (Å²) >= 11 is 0. The second-order valence-electron chi connectivity index (χ2n) is 4.20. The first-order chi connectivity index (χ1) is 9.21. The molecule has 0 aliphatic rings. The molecular weight excluding hydrogens is 242 g/mol. The van der Waals surface area contributed by atoms with Crippen molar-refractivity contribution in [3.05, 3.63) is 35.9 Å². The van der Waals surface area contributed by atoms with Crippen molar-refractivity contribution >= 4 is 12.0 Å².